The minimum absolute atomic E-state index is 0.0877. The molecule has 0 aliphatic rings. The summed E-state index contributed by atoms with van der Waals surface area (Å²) in [7, 11) is 1.30. The molecule has 1 amide bonds. The first-order valence-electron chi connectivity index (χ1n) is 7.25. The summed E-state index contributed by atoms with van der Waals surface area (Å²) >= 11 is 0. The third-order valence-corrected chi connectivity index (χ3v) is 3.39. The van der Waals surface area contributed by atoms with Crippen molar-refractivity contribution in [1.82, 2.24) is 4.90 Å². The summed E-state index contributed by atoms with van der Waals surface area (Å²) in [6.07, 6.45) is 0.0877. The Kier molecular flexibility index (Phi) is 5.86. The second-order valence-corrected chi connectivity index (χ2v) is 5.05. The number of hydrogen-bond donors (Lipinski definition) is 0. The van der Waals surface area contributed by atoms with Gasteiger partial charge in [0, 0.05) is 18.7 Å². The van der Waals surface area contributed by atoms with Crippen molar-refractivity contribution in [2.24, 2.45) is 0 Å². The van der Waals surface area contributed by atoms with E-state index in [1.165, 1.54) is 30.2 Å². The van der Waals surface area contributed by atoms with E-state index in [1.54, 1.807) is 6.07 Å². The largest absolute Gasteiger partial charge is 0.469 e. The van der Waals surface area contributed by atoms with Gasteiger partial charge in [-0.25, -0.2) is 4.39 Å². The first-order valence-corrected chi connectivity index (χ1v) is 7.25. The fraction of sp³-hybridized carbons (Fsp3) is 0.222. The highest BCUT2D eigenvalue weighted by Gasteiger charge is 2.18. The molecule has 0 unspecified atom stereocenters. The molecule has 0 N–H and O–H groups in total. The number of benzene rings is 2. The van der Waals surface area contributed by atoms with Crippen LogP contribution in [-0.2, 0) is 16.1 Å². The molecule has 0 spiro atoms. The number of esters is 1. The van der Waals surface area contributed by atoms with E-state index in [0.29, 0.717) is 6.54 Å². The lowest BCUT2D eigenvalue weighted by molar-refractivity contribution is -0.140. The highest BCUT2D eigenvalue weighted by Crippen LogP contribution is 2.12. The molecule has 0 heterocycles. The molecular formula is C18H18FNO3. The van der Waals surface area contributed by atoms with Gasteiger partial charge in [0.1, 0.15) is 5.82 Å². The first kappa shape index (κ1) is 16.7. The van der Waals surface area contributed by atoms with Crippen molar-refractivity contribution in [1.29, 1.82) is 0 Å². The molecule has 0 atom stereocenters. The first-order chi connectivity index (χ1) is 11.1. The molecule has 5 heteroatoms. The number of amides is 1. The molecule has 0 fully saturated rings. The third-order valence-electron chi connectivity index (χ3n) is 3.39. The van der Waals surface area contributed by atoms with Crippen molar-refractivity contribution >= 4 is 11.9 Å². The fourth-order valence-corrected chi connectivity index (χ4v) is 2.19. The van der Waals surface area contributed by atoms with Crippen LogP contribution in [0.15, 0.2) is 54.6 Å². The normalized spacial score (nSPS) is 10.2. The van der Waals surface area contributed by atoms with Gasteiger partial charge in [0.05, 0.1) is 13.5 Å². The molecule has 120 valence electrons. The van der Waals surface area contributed by atoms with E-state index >= 15 is 0 Å². The van der Waals surface area contributed by atoms with Crippen LogP contribution in [0.25, 0.3) is 0 Å². The molecule has 2 aromatic carbocycles. The summed E-state index contributed by atoms with van der Waals surface area (Å²) in [5, 5.41) is 0. The van der Waals surface area contributed by atoms with Gasteiger partial charge in [-0.15, -0.1) is 0 Å². The van der Waals surface area contributed by atoms with Crippen LogP contribution in [0.5, 0.6) is 0 Å². The zero-order valence-corrected chi connectivity index (χ0v) is 12.9. The molecule has 2 aromatic rings. The van der Waals surface area contributed by atoms with Gasteiger partial charge in [-0.2, -0.15) is 0 Å². The van der Waals surface area contributed by atoms with E-state index in [9.17, 15) is 14.0 Å². The SMILES string of the molecule is COC(=O)CCN(Cc1ccccc1)C(=O)c1cccc(F)c1. The number of halogens is 1. The lowest BCUT2D eigenvalue weighted by atomic mass is 10.1. The van der Waals surface area contributed by atoms with Crippen LogP contribution in [0.1, 0.15) is 22.3 Å². The zero-order valence-electron chi connectivity index (χ0n) is 12.9. The summed E-state index contributed by atoms with van der Waals surface area (Å²) in [4.78, 5) is 25.5. The Labute approximate surface area is 134 Å². The predicted octanol–water partition coefficient (Wildman–Crippen LogP) is 3.03. The lowest BCUT2D eigenvalue weighted by Gasteiger charge is -2.22. The maximum atomic E-state index is 13.3. The number of carbonyl (C=O) groups excluding carboxylic acids is 2. The molecule has 23 heavy (non-hydrogen) atoms. The average Bonchev–Trinajstić information content (AvgIpc) is 2.58. The standard InChI is InChI=1S/C18H18FNO3/c1-23-17(21)10-11-20(13-14-6-3-2-4-7-14)18(22)15-8-5-9-16(19)12-15/h2-9,12H,10-11,13H2,1H3. The van der Waals surface area contributed by atoms with Crippen molar-refractivity contribution in [3.05, 3.63) is 71.5 Å². The van der Waals surface area contributed by atoms with Crippen molar-refractivity contribution < 1.29 is 18.7 Å². The van der Waals surface area contributed by atoms with E-state index in [0.717, 1.165) is 5.56 Å². The van der Waals surface area contributed by atoms with Gasteiger partial charge in [0.2, 0.25) is 0 Å². The van der Waals surface area contributed by atoms with Gasteiger partial charge in [0.25, 0.3) is 5.91 Å². The van der Waals surface area contributed by atoms with E-state index in [2.05, 4.69) is 4.74 Å². The van der Waals surface area contributed by atoms with Crippen molar-refractivity contribution in [2.45, 2.75) is 13.0 Å². The van der Waals surface area contributed by atoms with Crippen LogP contribution in [0.3, 0.4) is 0 Å². The zero-order chi connectivity index (χ0) is 16.7. The number of ether oxygens (including phenoxy) is 1. The van der Waals surface area contributed by atoms with Crippen molar-refractivity contribution in [3.63, 3.8) is 0 Å². The number of nitrogens with zero attached hydrogens (tertiary/aromatic N) is 1. The Balaban J connectivity index is 2.17. The van der Waals surface area contributed by atoms with Crippen LogP contribution >= 0.6 is 0 Å². The van der Waals surface area contributed by atoms with Crippen molar-refractivity contribution in [3.8, 4) is 0 Å². The molecule has 0 radical (unpaired) electrons. The fourth-order valence-electron chi connectivity index (χ4n) is 2.19. The Morgan fingerprint density at radius 2 is 1.83 bits per heavy atom. The van der Waals surface area contributed by atoms with Crippen molar-refractivity contribution in [2.75, 3.05) is 13.7 Å². The minimum Gasteiger partial charge on any atom is -0.469 e. The number of carbonyl (C=O) groups is 2. The summed E-state index contributed by atoms with van der Waals surface area (Å²) in [6.45, 7) is 0.546. The monoisotopic (exact) mass is 315 g/mol. The van der Waals surface area contributed by atoms with E-state index in [-0.39, 0.29) is 24.4 Å². The highest BCUT2D eigenvalue weighted by molar-refractivity contribution is 5.94. The Hall–Kier alpha value is -2.69. The molecule has 0 aliphatic heterocycles. The molecule has 0 aliphatic carbocycles. The van der Waals surface area contributed by atoms with Crippen LogP contribution in [-0.4, -0.2) is 30.4 Å². The molecule has 0 bridgehead atoms. The Morgan fingerprint density at radius 1 is 1.09 bits per heavy atom. The van der Waals surface area contributed by atoms with Crippen LogP contribution in [0, 0.1) is 5.82 Å². The summed E-state index contributed by atoms with van der Waals surface area (Å²) < 4.78 is 18.0. The predicted molar refractivity (Wildman–Crippen MR) is 84.2 cm³/mol. The quantitative estimate of drug-likeness (QED) is 0.770. The highest BCUT2D eigenvalue weighted by atomic mass is 19.1. The maximum Gasteiger partial charge on any atom is 0.307 e. The molecule has 0 saturated heterocycles. The summed E-state index contributed by atoms with van der Waals surface area (Å²) in [5.74, 6) is -1.18. The summed E-state index contributed by atoms with van der Waals surface area (Å²) in [5.41, 5.74) is 1.19. The minimum atomic E-state index is -0.469. The lowest BCUT2D eigenvalue weighted by Crippen LogP contribution is -2.32. The van der Waals surface area contributed by atoms with Gasteiger partial charge in [0.15, 0.2) is 0 Å². The Bertz CT molecular complexity index is 673. The maximum absolute atomic E-state index is 13.3. The second kappa shape index (κ2) is 8.08. The van der Waals surface area contributed by atoms with Gasteiger partial charge < -0.3 is 9.64 Å². The van der Waals surface area contributed by atoms with E-state index < -0.39 is 11.8 Å². The van der Waals surface area contributed by atoms with E-state index in [1.807, 2.05) is 30.3 Å². The second-order valence-electron chi connectivity index (χ2n) is 5.05. The number of rotatable bonds is 6. The molecule has 0 saturated carbocycles. The van der Waals surface area contributed by atoms with E-state index in [4.69, 9.17) is 0 Å². The Morgan fingerprint density at radius 3 is 2.48 bits per heavy atom. The van der Waals surface area contributed by atoms with Gasteiger partial charge in [-0.05, 0) is 23.8 Å². The van der Waals surface area contributed by atoms with Gasteiger partial charge in [-0.3, -0.25) is 9.59 Å². The van der Waals surface area contributed by atoms with Gasteiger partial charge in [-0.1, -0.05) is 36.4 Å². The topological polar surface area (TPSA) is 46.6 Å². The molecular weight excluding hydrogens is 297 g/mol. The number of hydrogen-bond acceptors (Lipinski definition) is 3. The number of methoxy groups -OCH3 is 1. The van der Waals surface area contributed by atoms with Crippen LogP contribution in [0.2, 0.25) is 0 Å². The average molecular weight is 315 g/mol. The third kappa shape index (κ3) is 4.92. The molecule has 0 aromatic heterocycles. The molecule has 2 rings (SSSR count). The smallest absolute Gasteiger partial charge is 0.307 e. The van der Waals surface area contributed by atoms with Crippen LogP contribution in [0.4, 0.5) is 4.39 Å². The molecule has 4 nitrogen and oxygen atoms in total. The van der Waals surface area contributed by atoms with Crippen LogP contribution < -0.4 is 0 Å². The van der Waals surface area contributed by atoms with Gasteiger partial charge >= 0.3 is 5.97 Å². The summed E-state index contributed by atoms with van der Waals surface area (Å²) in [6, 6.07) is 14.9.